The summed E-state index contributed by atoms with van der Waals surface area (Å²) in [6.07, 6.45) is 0. The molecule has 1 aliphatic rings. The number of benzene rings is 4. The van der Waals surface area contributed by atoms with Crippen LogP contribution in [0.5, 0.6) is 5.75 Å². The molecule has 0 spiro atoms. The Morgan fingerprint density at radius 1 is 1.03 bits per heavy atom. The highest BCUT2D eigenvalue weighted by atomic mass is 35.5. The average Bonchev–Trinajstić information content (AvgIpc) is 3.25. The van der Waals surface area contributed by atoms with Crippen molar-refractivity contribution in [3.05, 3.63) is 95.0 Å². The molecule has 0 atom stereocenters. The number of amides is 1. The molecule has 1 aromatic heterocycles. The molecule has 33 heavy (non-hydrogen) atoms. The fourth-order valence-corrected chi connectivity index (χ4v) is 5.27. The van der Waals surface area contributed by atoms with Gasteiger partial charge in [0.2, 0.25) is 0 Å². The van der Waals surface area contributed by atoms with Crippen molar-refractivity contribution in [2.45, 2.75) is 6.54 Å². The molecular formula is C26H18ClN3O2S. The highest BCUT2D eigenvalue weighted by Crippen LogP contribution is 2.34. The summed E-state index contributed by atoms with van der Waals surface area (Å²) in [5, 5.41) is 6.48. The predicted octanol–water partition coefficient (Wildman–Crippen LogP) is 6.71. The Morgan fingerprint density at radius 2 is 1.94 bits per heavy atom. The van der Waals surface area contributed by atoms with Crippen LogP contribution in [-0.2, 0) is 6.54 Å². The molecule has 0 fully saturated rings. The van der Waals surface area contributed by atoms with Gasteiger partial charge in [0.25, 0.3) is 5.91 Å². The number of rotatable bonds is 3. The lowest BCUT2D eigenvalue weighted by atomic mass is 10.0. The van der Waals surface area contributed by atoms with Crippen molar-refractivity contribution in [3.63, 3.8) is 0 Å². The quantitative estimate of drug-likeness (QED) is 0.317. The molecule has 0 saturated heterocycles. The summed E-state index contributed by atoms with van der Waals surface area (Å²) in [5.41, 5.74) is 3.46. The topological polar surface area (TPSA) is 54.5 Å². The van der Waals surface area contributed by atoms with E-state index in [1.54, 1.807) is 12.1 Å². The van der Waals surface area contributed by atoms with Gasteiger partial charge in [-0.2, -0.15) is 0 Å². The lowest BCUT2D eigenvalue weighted by Gasteiger charge is -2.31. The molecule has 2 heterocycles. The van der Waals surface area contributed by atoms with E-state index in [-0.39, 0.29) is 5.91 Å². The smallest absolute Gasteiger partial charge is 0.257 e. The number of fused-ring (bicyclic) bond motifs is 4. The van der Waals surface area contributed by atoms with Crippen LogP contribution in [0.4, 0.5) is 10.8 Å². The van der Waals surface area contributed by atoms with Crippen molar-refractivity contribution in [3.8, 4) is 5.75 Å². The van der Waals surface area contributed by atoms with Crippen molar-refractivity contribution >= 4 is 60.7 Å². The van der Waals surface area contributed by atoms with Gasteiger partial charge in [-0.15, -0.1) is 0 Å². The molecule has 5 nitrogen and oxygen atoms in total. The van der Waals surface area contributed by atoms with Gasteiger partial charge in [0.15, 0.2) is 11.9 Å². The van der Waals surface area contributed by atoms with Gasteiger partial charge >= 0.3 is 0 Å². The number of anilines is 2. The molecule has 0 radical (unpaired) electrons. The molecular weight excluding hydrogens is 454 g/mol. The zero-order valence-corrected chi connectivity index (χ0v) is 19.0. The van der Waals surface area contributed by atoms with Crippen LogP contribution in [0.2, 0.25) is 5.02 Å². The van der Waals surface area contributed by atoms with E-state index in [2.05, 4.69) is 33.4 Å². The van der Waals surface area contributed by atoms with E-state index < -0.39 is 0 Å². The van der Waals surface area contributed by atoms with Gasteiger partial charge < -0.3 is 9.64 Å². The molecule has 1 aliphatic heterocycles. The summed E-state index contributed by atoms with van der Waals surface area (Å²) >= 11 is 7.46. The number of hydrogen-bond acceptors (Lipinski definition) is 5. The number of thiazole rings is 1. The number of aromatic nitrogens is 1. The number of hydrogen-bond donors (Lipinski definition) is 1. The Labute approximate surface area is 199 Å². The summed E-state index contributed by atoms with van der Waals surface area (Å²) in [6.45, 7) is 1.13. The first-order valence-corrected chi connectivity index (χ1v) is 11.7. The highest BCUT2D eigenvalue weighted by molar-refractivity contribution is 7.22. The SMILES string of the molecule is O=C(Nc1nc2ccc(Cl)cc2s1)c1cccc(N2COc3ccc4ccccc4c3C2)c1. The summed E-state index contributed by atoms with van der Waals surface area (Å²) in [5.74, 6) is 0.709. The van der Waals surface area contributed by atoms with Gasteiger partial charge in [0.05, 0.1) is 16.8 Å². The van der Waals surface area contributed by atoms with E-state index in [1.165, 1.54) is 22.1 Å². The van der Waals surface area contributed by atoms with Crippen molar-refractivity contribution < 1.29 is 9.53 Å². The molecule has 0 unspecified atom stereocenters. The number of halogens is 1. The van der Waals surface area contributed by atoms with Gasteiger partial charge in [0, 0.05) is 21.8 Å². The molecule has 6 rings (SSSR count). The minimum Gasteiger partial charge on any atom is -0.473 e. The minimum atomic E-state index is -0.203. The van der Waals surface area contributed by atoms with Crippen molar-refractivity contribution in [2.24, 2.45) is 0 Å². The van der Waals surface area contributed by atoms with Crippen LogP contribution >= 0.6 is 22.9 Å². The zero-order chi connectivity index (χ0) is 22.4. The Kier molecular flexibility index (Phi) is 4.89. The maximum Gasteiger partial charge on any atom is 0.257 e. The molecule has 1 amide bonds. The van der Waals surface area contributed by atoms with Crippen molar-refractivity contribution in [2.75, 3.05) is 16.9 Å². The normalized spacial score (nSPS) is 13.1. The van der Waals surface area contributed by atoms with E-state index >= 15 is 0 Å². The number of carbonyl (C=O) groups is 1. The van der Waals surface area contributed by atoms with Gasteiger partial charge in [0.1, 0.15) is 5.75 Å². The Bertz CT molecular complexity index is 1530. The summed E-state index contributed by atoms with van der Waals surface area (Å²) in [6, 6.07) is 25.5. The molecule has 4 aromatic carbocycles. The third kappa shape index (κ3) is 3.77. The predicted molar refractivity (Wildman–Crippen MR) is 135 cm³/mol. The van der Waals surface area contributed by atoms with Crippen LogP contribution < -0.4 is 15.0 Å². The Balaban J connectivity index is 1.26. The third-order valence-electron chi connectivity index (χ3n) is 5.77. The van der Waals surface area contributed by atoms with Gasteiger partial charge in [-0.05, 0) is 53.2 Å². The van der Waals surface area contributed by atoms with E-state index in [4.69, 9.17) is 16.3 Å². The standard InChI is InChI=1S/C26H18ClN3O2S/c27-18-9-10-22-24(13-18)33-26(28-22)29-25(31)17-5-3-6-19(12-17)30-14-21-20-7-2-1-4-16(20)8-11-23(21)32-15-30/h1-13H,14-15H2,(H,28,29,31). The van der Waals surface area contributed by atoms with Crippen molar-refractivity contribution in [1.82, 2.24) is 4.98 Å². The molecule has 162 valence electrons. The number of nitrogens with one attached hydrogen (secondary N) is 1. The van der Waals surface area contributed by atoms with Crippen LogP contribution in [0.3, 0.4) is 0 Å². The minimum absolute atomic E-state index is 0.203. The van der Waals surface area contributed by atoms with Crippen LogP contribution in [0.1, 0.15) is 15.9 Å². The zero-order valence-electron chi connectivity index (χ0n) is 17.4. The third-order valence-corrected chi connectivity index (χ3v) is 6.94. The first kappa shape index (κ1) is 20.0. The molecule has 0 aliphatic carbocycles. The summed E-state index contributed by atoms with van der Waals surface area (Å²) < 4.78 is 6.98. The molecule has 0 saturated carbocycles. The van der Waals surface area contributed by atoms with Gasteiger partial charge in [-0.25, -0.2) is 4.98 Å². The lowest BCUT2D eigenvalue weighted by molar-refractivity contribution is 0.102. The first-order chi connectivity index (χ1) is 16.1. The molecule has 1 N–H and O–H groups in total. The first-order valence-electron chi connectivity index (χ1n) is 10.5. The second-order valence-electron chi connectivity index (χ2n) is 7.87. The number of ether oxygens (including phenoxy) is 1. The average molecular weight is 472 g/mol. The molecule has 0 bridgehead atoms. The lowest BCUT2D eigenvalue weighted by Crippen LogP contribution is -2.32. The van der Waals surface area contributed by atoms with E-state index in [0.29, 0.717) is 29.0 Å². The Morgan fingerprint density at radius 3 is 2.88 bits per heavy atom. The highest BCUT2D eigenvalue weighted by Gasteiger charge is 2.21. The second-order valence-corrected chi connectivity index (χ2v) is 9.34. The fourth-order valence-electron chi connectivity index (χ4n) is 4.13. The Hall–Kier alpha value is -3.61. The fraction of sp³-hybridized carbons (Fsp3) is 0.0769. The number of carbonyl (C=O) groups excluding carboxylic acids is 1. The largest absolute Gasteiger partial charge is 0.473 e. The van der Waals surface area contributed by atoms with E-state index in [9.17, 15) is 4.79 Å². The maximum atomic E-state index is 12.9. The van der Waals surface area contributed by atoms with Crippen LogP contribution in [0.15, 0.2) is 78.9 Å². The van der Waals surface area contributed by atoms with Crippen LogP contribution in [0, 0.1) is 0 Å². The monoisotopic (exact) mass is 471 g/mol. The van der Waals surface area contributed by atoms with Crippen LogP contribution in [-0.4, -0.2) is 17.6 Å². The maximum absolute atomic E-state index is 12.9. The summed E-state index contributed by atoms with van der Waals surface area (Å²) in [7, 11) is 0. The summed E-state index contributed by atoms with van der Waals surface area (Å²) in [4.78, 5) is 19.6. The van der Waals surface area contributed by atoms with E-state index in [0.717, 1.165) is 27.2 Å². The number of nitrogens with zero attached hydrogens (tertiary/aromatic N) is 2. The second kappa shape index (κ2) is 8.06. The van der Waals surface area contributed by atoms with Gasteiger partial charge in [-0.1, -0.05) is 59.3 Å². The molecule has 5 aromatic rings. The van der Waals surface area contributed by atoms with Gasteiger partial charge in [-0.3, -0.25) is 10.1 Å². The van der Waals surface area contributed by atoms with E-state index in [1.807, 2.05) is 48.5 Å². The van der Waals surface area contributed by atoms with Crippen molar-refractivity contribution in [1.29, 1.82) is 0 Å². The molecule has 7 heteroatoms. The van der Waals surface area contributed by atoms with Crippen LogP contribution in [0.25, 0.3) is 21.0 Å².